The highest BCUT2D eigenvalue weighted by Crippen LogP contribution is 2.28. The molecule has 2 amide bonds. The van der Waals surface area contributed by atoms with Gasteiger partial charge in [-0.2, -0.15) is 0 Å². The fourth-order valence-electron chi connectivity index (χ4n) is 3.52. The number of carboxylic acids is 1. The minimum absolute atomic E-state index is 0.244. The van der Waals surface area contributed by atoms with Crippen LogP contribution >= 0.6 is 11.8 Å². The maximum Gasteiger partial charge on any atom is 0.308 e. The summed E-state index contributed by atoms with van der Waals surface area (Å²) in [5.74, 6) is -1.95. The van der Waals surface area contributed by atoms with Crippen LogP contribution in [-0.4, -0.2) is 57.4 Å². The van der Waals surface area contributed by atoms with Crippen LogP contribution in [0.1, 0.15) is 18.9 Å². The van der Waals surface area contributed by atoms with Crippen LogP contribution in [0.2, 0.25) is 0 Å². The molecule has 0 spiro atoms. The summed E-state index contributed by atoms with van der Waals surface area (Å²) in [5, 5.41) is 11.5. The molecule has 2 heterocycles. The van der Waals surface area contributed by atoms with Gasteiger partial charge in [0, 0.05) is 18.3 Å². The minimum atomic E-state index is -0.903. The number of likely N-dealkylation sites (tertiary alicyclic amines) is 1. The molecule has 2 N–H and O–H groups in total. The molecule has 4 atom stereocenters. The number of thioether (sulfide) groups is 1. The maximum absolute atomic E-state index is 13.8. The van der Waals surface area contributed by atoms with Gasteiger partial charge in [-0.15, -0.1) is 11.8 Å². The van der Waals surface area contributed by atoms with Crippen LogP contribution < -0.4 is 5.32 Å². The smallest absolute Gasteiger partial charge is 0.308 e. The van der Waals surface area contributed by atoms with Gasteiger partial charge in [0.2, 0.25) is 11.8 Å². The molecule has 0 bridgehead atoms. The van der Waals surface area contributed by atoms with Crippen molar-refractivity contribution in [2.24, 2.45) is 5.92 Å². The lowest BCUT2D eigenvalue weighted by molar-refractivity contribution is -0.143. The molecule has 2 aliphatic rings. The van der Waals surface area contributed by atoms with Gasteiger partial charge in [-0.05, 0) is 31.4 Å². The number of halogens is 1. The lowest BCUT2D eigenvalue weighted by atomic mass is 10.0. The van der Waals surface area contributed by atoms with Gasteiger partial charge < -0.3 is 15.3 Å². The van der Waals surface area contributed by atoms with E-state index in [0.717, 1.165) is 0 Å². The molecule has 8 heteroatoms. The first-order chi connectivity index (χ1) is 12.4. The van der Waals surface area contributed by atoms with Gasteiger partial charge in [-0.3, -0.25) is 14.4 Å². The van der Waals surface area contributed by atoms with E-state index in [9.17, 15) is 23.9 Å². The topological polar surface area (TPSA) is 86.7 Å². The molecule has 6 nitrogen and oxygen atoms in total. The van der Waals surface area contributed by atoms with E-state index in [1.54, 1.807) is 30.0 Å². The average Bonchev–Trinajstić information content (AvgIpc) is 2.99. The molecule has 2 aliphatic heterocycles. The Bertz CT molecular complexity index is 729. The Morgan fingerprint density at radius 1 is 1.38 bits per heavy atom. The largest absolute Gasteiger partial charge is 0.481 e. The van der Waals surface area contributed by atoms with Crippen LogP contribution in [0.3, 0.4) is 0 Å². The van der Waals surface area contributed by atoms with Crippen molar-refractivity contribution in [3.05, 3.63) is 35.6 Å². The van der Waals surface area contributed by atoms with Crippen molar-refractivity contribution in [1.29, 1.82) is 0 Å². The average molecular weight is 380 g/mol. The zero-order valence-corrected chi connectivity index (χ0v) is 15.2. The number of hydrogen-bond acceptors (Lipinski definition) is 4. The van der Waals surface area contributed by atoms with E-state index in [4.69, 9.17) is 0 Å². The first-order valence-corrected chi connectivity index (χ1v) is 9.62. The molecule has 0 aromatic heterocycles. The van der Waals surface area contributed by atoms with Gasteiger partial charge >= 0.3 is 5.97 Å². The monoisotopic (exact) mass is 380 g/mol. The van der Waals surface area contributed by atoms with Crippen molar-refractivity contribution >= 4 is 29.5 Å². The molecule has 4 unspecified atom stereocenters. The number of nitrogens with one attached hydrogen (secondary N) is 1. The summed E-state index contributed by atoms with van der Waals surface area (Å²) in [6, 6.07) is 5.28. The number of rotatable bonds is 4. The zero-order chi connectivity index (χ0) is 18.8. The van der Waals surface area contributed by atoms with Crippen molar-refractivity contribution in [3.63, 3.8) is 0 Å². The Kier molecular flexibility index (Phi) is 5.50. The lowest BCUT2D eigenvalue weighted by Crippen LogP contribution is -2.56. The highest BCUT2D eigenvalue weighted by Gasteiger charge is 2.42. The molecular weight excluding hydrogens is 359 g/mol. The number of carbonyl (C=O) groups is 3. The Morgan fingerprint density at radius 2 is 2.12 bits per heavy atom. The van der Waals surface area contributed by atoms with Crippen LogP contribution in [0, 0.1) is 11.7 Å². The normalized spacial score (nSPS) is 28.7. The summed E-state index contributed by atoms with van der Waals surface area (Å²) in [4.78, 5) is 37.8. The van der Waals surface area contributed by atoms with E-state index in [2.05, 4.69) is 5.32 Å². The third-order valence-electron chi connectivity index (χ3n) is 5.09. The minimum Gasteiger partial charge on any atom is -0.481 e. The summed E-state index contributed by atoms with van der Waals surface area (Å²) in [6.45, 7) is 2.11. The number of carbonyl (C=O) groups excluding carboxylic acids is 2. The fourth-order valence-corrected chi connectivity index (χ4v) is 4.69. The van der Waals surface area contributed by atoms with Gasteiger partial charge in [0.05, 0.1) is 11.2 Å². The summed E-state index contributed by atoms with van der Waals surface area (Å²) in [5.41, 5.74) is 0.474. The first kappa shape index (κ1) is 18.7. The summed E-state index contributed by atoms with van der Waals surface area (Å²) in [7, 11) is 0. The second-order valence-electron chi connectivity index (χ2n) is 6.68. The molecule has 1 aromatic rings. The molecule has 0 aliphatic carbocycles. The van der Waals surface area contributed by atoms with Crippen LogP contribution in [0.4, 0.5) is 4.39 Å². The second kappa shape index (κ2) is 7.65. The fraction of sp³-hybridized carbons (Fsp3) is 0.500. The molecular formula is C18H21FN2O4S. The van der Waals surface area contributed by atoms with Crippen molar-refractivity contribution < 1.29 is 23.9 Å². The van der Waals surface area contributed by atoms with E-state index < -0.39 is 29.2 Å². The Morgan fingerprint density at radius 3 is 2.73 bits per heavy atom. The molecule has 0 saturated carbocycles. The molecule has 140 valence electrons. The maximum atomic E-state index is 13.8. The molecule has 2 saturated heterocycles. The van der Waals surface area contributed by atoms with Crippen LogP contribution in [0.5, 0.6) is 0 Å². The number of benzene rings is 1. The predicted octanol–water partition coefficient (Wildman–Crippen LogP) is 1.29. The number of aliphatic carboxylic acids is 1. The van der Waals surface area contributed by atoms with Gasteiger partial charge in [0.15, 0.2) is 0 Å². The van der Waals surface area contributed by atoms with Crippen molar-refractivity contribution in [2.75, 3.05) is 12.3 Å². The van der Waals surface area contributed by atoms with Crippen molar-refractivity contribution in [3.8, 4) is 0 Å². The van der Waals surface area contributed by atoms with Crippen molar-refractivity contribution in [1.82, 2.24) is 10.2 Å². The molecule has 3 rings (SSSR count). The number of amides is 2. The summed E-state index contributed by atoms with van der Waals surface area (Å²) in [6.07, 6.45) is 0.692. The van der Waals surface area contributed by atoms with E-state index in [0.29, 0.717) is 24.3 Å². The van der Waals surface area contributed by atoms with E-state index >= 15 is 0 Å². The lowest BCUT2D eigenvalue weighted by Gasteiger charge is -2.32. The Hall–Kier alpha value is -2.09. The SMILES string of the molecule is CC1C(C(=O)O)CCN1C(=O)C1CSC(Cc2ccccc2F)C(=O)N1. The molecule has 0 radical (unpaired) electrons. The highest BCUT2D eigenvalue weighted by molar-refractivity contribution is 8.00. The predicted molar refractivity (Wildman–Crippen MR) is 95.2 cm³/mol. The third-order valence-corrected chi connectivity index (χ3v) is 6.40. The highest BCUT2D eigenvalue weighted by atomic mass is 32.2. The van der Waals surface area contributed by atoms with Crippen LogP contribution in [0.25, 0.3) is 0 Å². The summed E-state index contributed by atoms with van der Waals surface area (Å²) >= 11 is 1.34. The van der Waals surface area contributed by atoms with Crippen molar-refractivity contribution in [2.45, 2.75) is 37.1 Å². The first-order valence-electron chi connectivity index (χ1n) is 8.57. The molecule has 2 fully saturated rings. The summed E-state index contributed by atoms with van der Waals surface area (Å²) < 4.78 is 13.8. The molecule has 1 aromatic carbocycles. The van der Waals surface area contributed by atoms with Gasteiger partial charge in [0.25, 0.3) is 0 Å². The van der Waals surface area contributed by atoms with Gasteiger partial charge in [-0.25, -0.2) is 4.39 Å². The Balaban J connectivity index is 1.60. The molecule has 26 heavy (non-hydrogen) atoms. The quantitative estimate of drug-likeness (QED) is 0.822. The zero-order valence-electron chi connectivity index (χ0n) is 14.4. The third kappa shape index (κ3) is 3.70. The van der Waals surface area contributed by atoms with E-state index in [1.165, 1.54) is 17.8 Å². The number of nitrogens with zero attached hydrogens (tertiary/aromatic N) is 1. The second-order valence-corrected chi connectivity index (χ2v) is 7.92. The number of carboxylic acid groups (broad SMARTS) is 1. The van der Waals surface area contributed by atoms with E-state index in [1.807, 2.05) is 0 Å². The van der Waals surface area contributed by atoms with Crippen LogP contribution in [-0.2, 0) is 20.8 Å². The van der Waals surface area contributed by atoms with E-state index in [-0.39, 0.29) is 24.1 Å². The van der Waals surface area contributed by atoms with Gasteiger partial charge in [-0.1, -0.05) is 18.2 Å². The Labute approximate surface area is 155 Å². The number of hydrogen-bond donors (Lipinski definition) is 2. The van der Waals surface area contributed by atoms with Crippen LogP contribution in [0.15, 0.2) is 24.3 Å². The van der Waals surface area contributed by atoms with Gasteiger partial charge in [0.1, 0.15) is 11.9 Å². The standard InChI is InChI=1S/C18H21FN2O4S/c1-10-12(18(24)25)6-7-21(10)17(23)14-9-26-15(16(22)20-14)8-11-4-2-3-5-13(11)19/h2-5,10,12,14-15H,6-9H2,1H3,(H,20,22)(H,24,25).